The Morgan fingerprint density at radius 1 is 1.40 bits per heavy atom. The van der Waals surface area contributed by atoms with E-state index in [-0.39, 0.29) is 6.04 Å². The van der Waals surface area contributed by atoms with Crippen molar-refractivity contribution >= 4 is 23.1 Å². The minimum absolute atomic E-state index is 0.117. The summed E-state index contributed by atoms with van der Waals surface area (Å²) in [6, 6.07) is 0.117. The van der Waals surface area contributed by atoms with Crippen molar-refractivity contribution in [3.8, 4) is 0 Å². The maximum atomic E-state index is 5.87. The molecule has 1 rings (SSSR count). The van der Waals surface area contributed by atoms with Crippen LogP contribution in [0.3, 0.4) is 0 Å². The van der Waals surface area contributed by atoms with Crippen LogP contribution in [0.5, 0.6) is 0 Å². The summed E-state index contributed by atoms with van der Waals surface area (Å²) < 4.78 is 0. The molecule has 1 atom stereocenters. The summed E-state index contributed by atoms with van der Waals surface area (Å²) in [5.41, 5.74) is 6.97. The van der Waals surface area contributed by atoms with Crippen molar-refractivity contribution in [3.05, 3.63) is 15.6 Å². The Bertz CT molecular complexity index is 306. The number of thiazole rings is 1. The highest BCUT2D eigenvalue weighted by molar-refractivity contribution is 7.98. The number of hydrogen-bond acceptors (Lipinski definition) is 4. The number of thioether (sulfide) groups is 1. The first kappa shape index (κ1) is 13.0. The third kappa shape index (κ3) is 4.13. The molecule has 0 saturated heterocycles. The summed E-state index contributed by atoms with van der Waals surface area (Å²) >= 11 is 3.72. The van der Waals surface area contributed by atoms with E-state index in [2.05, 4.69) is 18.8 Å². The molecule has 0 aliphatic carbocycles. The fourth-order valence-electron chi connectivity index (χ4n) is 1.33. The Kier molecular flexibility index (Phi) is 5.09. The lowest BCUT2D eigenvalue weighted by atomic mass is 10.2. The minimum atomic E-state index is 0.117. The monoisotopic (exact) mass is 244 g/mol. The summed E-state index contributed by atoms with van der Waals surface area (Å²) in [5, 5.41) is 1.21. The highest BCUT2D eigenvalue weighted by Gasteiger charge is 2.10. The number of aromatic nitrogens is 1. The lowest BCUT2D eigenvalue weighted by Gasteiger charge is -2.01. The van der Waals surface area contributed by atoms with Gasteiger partial charge >= 0.3 is 0 Å². The Hall–Kier alpha value is -0.0600. The van der Waals surface area contributed by atoms with Crippen LogP contribution in [0.1, 0.15) is 42.4 Å². The number of hydrogen-bond donors (Lipinski definition) is 1. The molecule has 1 aromatic rings. The van der Waals surface area contributed by atoms with Crippen molar-refractivity contribution in [2.45, 2.75) is 39.5 Å². The molecule has 15 heavy (non-hydrogen) atoms. The second-order valence-corrected chi connectivity index (χ2v) is 6.40. The van der Waals surface area contributed by atoms with Crippen LogP contribution < -0.4 is 5.73 Å². The largest absolute Gasteiger partial charge is 0.323 e. The molecule has 0 amide bonds. The summed E-state index contributed by atoms with van der Waals surface area (Å²) in [7, 11) is 0. The van der Waals surface area contributed by atoms with Gasteiger partial charge in [0.1, 0.15) is 5.01 Å². The van der Waals surface area contributed by atoms with Crippen LogP contribution in [0, 0.1) is 12.8 Å². The fraction of sp³-hybridized carbons (Fsp3) is 0.727. The van der Waals surface area contributed by atoms with Gasteiger partial charge in [0.2, 0.25) is 0 Å². The third-order valence-corrected chi connectivity index (χ3v) is 4.89. The molecule has 1 aromatic heterocycles. The maximum Gasteiger partial charge on any atom is 0.103 e. The summed E-state index contributed by atoms with van der Waals surface area (Å²) in [4.78, 5) is 5.78. The Balaban J connectivity index is 2.52. The molecule has 0 aliphatic heterocycles. The van der Waals surface area contributed by atoms with Gasteiger partial charge in [0.05, 0.1) is 5.69 Å². The van der Waals surface area contributed by atoms with Crippen LogP contribution in [0.25, 0.3) is 0 Å². The first-order chi connectivity index (χ1) is 7.00. The van der Waals surface area contributed by atoms with Gasteiger partial charge in [-0.1, -0.05) is 13.8 Å². The predicted molar refractivity (Wildman–Crippen MR) is 70.5 cm³/mol. The lowest BCUT2D eigenvalue weighted by molar-refractivity contribution is 0.750. The van der Waals surface area contributed by atoms with Crippen LogP contribution in [-0.4, -0.2) is 10.7 Å². The standard InChI is InChI=1S/C11H20N2S2/c1-7(2)5-14-6-10-13-9(4)11(15-10)8(3)12/h7-8H,5-6,12H2,1-4H3. The number of aryl methyl sites for hydroxylation is 1. The summed E-state index contributed by atoms with van der Waals surface area (Å²) in [5.74, 6) is 2.98. The molecule has 4 heteroatoms. The van der Waals surface area contributed by atoms with Gasteiger partial charge in [0, 0.05) is 16.7 Å². The summed E-state index contributed by atoms with van der Waals surface area (Å²) in [6.07, 6.45) is 0. The molecule has 1 unspecified atom stereocenters. The van der Waals surface area contributed by atoms with E-state index >= 15 is 0 Å². The zero-order chi connectivity index (χ0) is 11.4. The van der Waals surface area contributed by atoms with E-state index in [0.29, 0.717) is 0 Å². The van der Waals surface area contributed by atoms with Gasteiger partial charge in [0.15, 0.2) is 0 Å². The van der Waals surface area contributed by atoms with Gasteiger partial charge < -0.3 is 5.73 Å². The normalized spacial score (nSPS) is 13.5. The zero-order valence-corrected chi connectivity index (χ0v) is 11.5. The lowest BCUT2D eigenvalue weighted by Crippen LogP contribution is -2.03. The van der Waals surface area contributed by atoms with Crippen molar-refractivity contribution in [1.82, 2.24) is 4.98 Å². The Labute approximate surface area is 101 Å². The van der Waals surface area contributed by atoms with Crippen molar-refractivity contribution in [3.63, 3.8) is 0 Å². The average molecular weight is 244 g/mol. The Morgan fingerprint density at radius 2 is 2.07 bits per heavy atom. The maximum absolute atomic E-state index is 5.87. The average Bonchev–Trinajstić information content (AvgIpc) is 2.46. The summed E-state index contributed by atoms with van der Waals surface area (Å²) in [6.45, 7) is 8.55. The highest BCUT2D eigenvalue weighted by Crippen LogP contribution is 2.26. The van der Waals surface area contributed by atoms with Crippen LogP contribution in [0.15, 0.2) is 0 Å². The number of nitrogens with two attached hydrogens (primary N) is 1. The molecular formula is C11H20N2S2. The third-order valence-electron chi connectivity index (χ3n) is 1.97. The molecule has 0 bridgehead atoms. The highest BCUT2D eigenvalue weighted by atomic mass is 32.2. The smallest absolute Gasteiger partial charge is 0.103 e. The van der Waals surface area contributed by atoms with E-state index in [1.165, 1.54) is 15.6 Å². The van der Waals surface area contributed by atoms with Crippen molar-refractivity contribution in [2.75, 3.05) is 5.75 Å². The van der Waals surface area contributed by atoms with E-state index in [0.717, 1.165) is 17.4 Å². The first-order valence-electron chi connectivity index (χ1n) is 5.30. The van der Waals surface area contributed by atoms with Gasteiger partial charge in [-0.3, -0.25) is 0 Å². The van der Waals surface area contributed by atoms with E-state index < -0.39 is 0 Å². The zero-order valence-electron chi connectivity index (χ0n) is 9.91. The van der Waals surface area contributed by atoms with Crippen LogP contribution >= 0.6 is 23.1 Å². The van der Waals surface area contributed by atoms with Gasteiger partial charge in [-0.2, -0.15) is 11.8 Å². The van der Waals surface area contributed by atoms with Crippen LogP contribution in [0.2, 0.25) is 0 Å². The molecule has 0 fully saturated rings. The Morgan fingerprint density at radius 3 is 2.53 bits per heavy atom. The van der Waals surface area contributed by atoms with Gasteiger partial charge in [-0.05, 0) is 25.5 Å². The first-order valence-corrected chi connectivity index (χ1v) is 7.27. The van der Waals surface area contributed by atoms with Gasteiger partial charge in [-0.25, -0.2) is 4.98 Å². The molecule has 2 N–H and O–H groups in total. The van der Waals surface area contributed by atoms with Gasteiger partial charge in [-0.15, -0.1) is 11.3 Å². The van der Waals surface area contributed by atoms with Gasteiger partial charge in [0.25, 0.3) is 0 Å². The van der Waals surface area contributed by atoms with Crippen molar-refractivity contribution in [1.29, 1.82) is 0 Å². The van der Waals surface area contributed by atoms with Crippen molar-refractivity contribution < 1.29 is 0 Å². The molecule has 86 valence electrons. The van der Waals surface area contributed by atoms with E-state index in [9.17, 15) is 0 Å². The van der Waals surface area contributed by atoms with E-state index in [1.807, 2.05) is 25.6 Å². The SMILES string of the molecule is Cc1nc(CSCC(C)C)sc1C(C)N. The molecule has 0 aliphatic rings. The van der Waals surface area contributed by atoms with E-state index in [1.54, 1.807) is 11.3 Å². The number of rotatable bonds is 5. The van der Waals surface area contributed by atoms with Crippen LogP contribution in [-0.2, 0) is 5.75 Å². The predicted octanol–water partition coefficient (Wildman–Crippen LogP) is 3.36. The van der Waals surface area contributed by atoms with Crippen LogP contribution in [0.4, 0.5) is 0 Å². The fourth-order valence-corrected chi connectivity index (χ4v) is 3.46. The molecule has 0 spiro atoms. The number of nitrogens with zero attached hydrogens (tertiary/aromatic N) is 1. The molecule has 2 nitrogen and oxygen atoms in total. The quantitative estimate of drug-likeness (QED) is 0.863. The molecule has 1 heterocycles. The molecule has 0 aromatic carbocycles. The minimum Gasteiger partial charge on any atom is -0.323 e. The van der Waals surface area contributed by atoms with Crippen molar-refractivity contribution in [2.24, 2.45) is 11.7 Å². The second-order valence-electron chi connectivity index (χ2n) is 4.25. The topological polar surface area (TPSA) is 38.9 Å². The second kappa shape index (κ2) is 5.87. The molecule has 0 radical (unpaired) electrons. The molecular weight excluding hydrogens is 224 g/mol. The van der Waals surface area contributed by atoms with E-state index in [4.69, 9.17) is 5.73 Å². The molecule has 0 saturated carbocycles.